The molecule has 0 saturated heterocycles. The zero-order chi connectivity index (χ0) is 22.5. The molecule has 0 spiro atoms. The number of alkyl halides is 9. The van der Waals surface area contributed by atoms with Crippen LogP contribution in [0.25, 0.3) is 0 Å². The molecule has 1 aliphatic heterocycles. The zero-order valence-electron chi connectivity index (χ0n) is 15.7. The second kappa shape index (κ2) is 7.16. The molecule has 2 rings (SSSR count). The minimum atomic E-state index is -6.88. The van der Waals surface area contributed by atoms with E-state index in [1.54, 1.807) is 4.90 Å². The molecule has 2 N–H and O–H groups in total. The topological polar surface area (TPSA) is 29.3 Å². The first-order valence-corrected chi connectivity index (χ1v) is 8.85. The van der Waals surface area contributed by atoms with Gasteiger partial charge in [0.1, 0.15) is 0 Å². The van der Waals surface area contributed by atoms with E-state index >= 15 is 0 Å². The van der Waals surface area contributed by atoms with E-state index < -0.39 is 35.8 Å². The maximum atomic E-state index is 14.3. The van der Waals surface area contributed by atoms with Crippen LogP contribution in [-0.4, -0.2) is 37.0 Å². The van der Waals surface area contributed by atoms with E-state index in [0.29, 0.717) is 18.7 Å². The second-order valence-corrected chi connectivity index (χ2v) is 7.64. The van der Waals surface area contributed by atoms with Crippen molar-refractivity contribution in [3.63, 3.8) is 0 Å². The summed E-state index contributed by atoms with van der Waals surface area (Å²) in [6.45, 7) is 3.13. The van der Waals surface area contributed by atoms with Crippen molar-refractivity contribution in [2.75, 3.05) is 23.7 Å². The number of fused-ring (bicyclic) bond motifs is 1. The smallest absolute Gasteiger partial charge is 0.399 e. The predicted octanol–water partition coefficient (Wildman–Crippen LogP) is 6.00. The molecule has 1 aliphatic rings. The molecule has 0 saturated carbocycles. The van der Waals surface area contributed by atoms with Crippen molar-refractivity contribution in [2.24, 2.45) is 0 Å². The lowest BCUT2D eigenvalue weighted by atomic mass is 9.77. The van der Waals surface area contributed by atoms with Crippen LogP contribution in [0, 0.1) is 0 Å². The highest BCUT2D eigenvalue weighted by Crippen LogP contribution is 2.57. The van der Waals surface area contributed by atoms with Gasteiger partial charge in [-0.3, -0.25) is 0 Å². The molecule has 166 valence electrons. The number of benzene rings is 1. The maximum Gasteiger partial charge on any atom is 0.460 e. The van der Waals surface area contributed by atoms with Crippen molar-refractivity contribution in [1.82, 2.24) is 0 Å². The normalized spacial score (nSPS) is 20.9. The van der Waals surface area contributed by atoms with Gasteiger partial charge >= 0.3 is 23.9 Å². The van der Waals surface area contributed by atoms with Crippen molar-refractivity contribution in [3.8, 4) is 0 Å². The quantitative estimate of drug-likeness (QED) is 0.419. The molecule has 2 nitrogen and oxygen atoms in total. The first-order chi connectivity index (χ1) is 13.0. The molecular formula is C18H21F9N2. The third-order valence-electron chi connectivity index (χ3n) is 5.16. The Morgan fingerprint density at radius 3 is 2.10 bits per heavy atom. The van der Waals surface area contributed by atoms with Gasteiger partial charge in [0.25, 0.3) is 0 Å². The lowest BCUT2D eigenvalue weighted by Crippen LogP contribution is -2.62. The Balaban J connectivity index is 2.44. The molecule has 0 radical (unpaired) electrons. The minimum Gasteiger partial charge on any atom is -0.399 e. The van der Waals surface area contributed by atoms with Gasteiger partial charge in [-0.2, -0.15) is 39.5 Å². The molecule has 0 fully saturated rings. The summed E-state index contributed by atoms with van der Waals surface area (Å²) in [5.74, 6) is -19.1. The van der Waals surface area contributed by atoms with Gasteiger partial charge in [-0.1, -0.05) is 26.3 Å². The number of nitrogens with zero attached hydrogens (tertiary/aromatic N) is 1. The van der Waals surface area contributed by atoms with Gasteiger partial charge in [0.15, 0.2) is 0 Å². The number of anilines is 2. The first kappa shape index (κ1) is 23.5. The SMILES string of the molecule is CCCCN1CC(C)(CC(F)(F)C(F)(F)C(F)(F)C(F)(F)F)c2ccc(N)cc21. The number of rotatable bonds is 7. The number of unbranched alkanes of at least 4 members (excludes halogenated alkanes) is 1. The summed E-state index contributed by atoms with van der Waals surface area (Å²) in [5.41, 5.74) is 4.70. The van der Waals surface area contributed by atoms with E-state index in [4.69, 9.17) is 5.73 Å². The zero-order valence-corrected chi connectivity index (χ0v) is 15.7. The Labute approximate surface area is 161 Å². The Morgan fingerprint density at radius 2 is 1.59 bits per heavy atom. The van der Waals surface area contributed by atoms with Gasteiger partial charge in [0, 0.05) is 36.3 Å². The Bertz CT molecular complexity index is 745. The van der Waals surface area contributed by atoms with Crippen LogP contribution in [0.5, 0.6) is 0 Å². The van der Waals surface area contributed by atoms with Gasteiger partial charge in [0.2, 0.25) is 0 Å². The van der Waals surface area contributed by atoms with Crippen LogP contribution in [0.3, 0.4) is 0 Å². The van der Waals surface area contributed by atoms with Gasteiger partial charge < -0.3 is 10.6 Å². The number of nitrogen functional groups attached to an aromatic ring is 1. The Hall–Kier alpha value is -1.81. The lowest BCUT2D eigenvalue weighted by Gasteiger charge is -2.38. The van der Waals surface area contributed by atoms with Gasteiger partial charge in [-0.05, 0) is 24.1 Å². The van der Waals surface area contributed by atoms with E-state index in [9.17, 15) is 39.5 Å². The molecule has 0 aromatic heterocycles. The maximum absolute atomic E-state index is 14.3. The molecule has 11 heteroatoms. The number of hydrogen-bond acceptors (Lipinski definition) is 2. The van der Waals surface area contributed by atoms with E-state index in [1.165, 1.54) is 18.2 Å². The molecule has 29 heavy (non-hydrogen) atoms. The third-order valence-corrected chi connectivity index (χ3v) is 5.16. The van der Waals surface area contributed by atoms with Crippen molar-refractivity contribution >= 4 is 11.4 Å². The van der Waals surface area contributed by atoms with Crippen LogP contribution in [0.1, 0.15) is 38.7 Å². The summed E-state index contributed by atoms with van der Waals surface area (Å²) < 4.78 is 120. The molecular weight excluding hydrogens is 415 g/mol. The highest BCUT2D eigenvalue weighted by Gasteiger charge is 2.82. The largest absolute Gasteiger partial charge is 0.460 e. The summed E-state index contributed by atoms with van der Waals surface area (Å²) in [6.07, 6.45) is -7.35. The van der Waals surface area contributed by atoms with Gasteiger partial charge in [-0.15, -0.1) is 0 Å². The molecule has 0 aliphatic carbocycles. The lowest BCUT2D eigenvalue weighted by molar-refractivity contribution is -0.398. The predicted molar refractivity (Wildman–Crippen MR) is 90.8 cm³/mol. The van der Waals surface area contributed by atoms with Crippen LogP contribution in [0.4, 0.5) is 50.9 Å². The molecule has 1 heterocycles. The summed E-state index contributed by atoms with van der Waals surface area (Å²) >= 11 is 0. The first-order valence-electron chi connectivity index (χ1n) is 8.85. The van der Waals surface area contributed by atoms with Crippen LogP contribution >= 0.6 is 0 Å². The van der Waals surface area contributed by atoms with E-state index in [-0.39, 0.29) is 17.8 Å². The molecule has 0 bridgehead atoms. The van der Waals surface area contributed by atoms with E-state index in [1.807, 2.05) is 6.92 Å². The number of hydrogen-bond donors (Lipinski definition) is 1. The highest BCUT2D eigenvalue weighted by molar-refractivity contribution is 5.67. The molecule has 1 aromatic rings. The number of nitrogens with two attached hydrogens (primary N) is 1. The fraction of sp³-hybridized carbons (Fsp3) is 0.667. The fourth-order valence-electron chi connectivity index (χ4n) is 3.62. The second-order valence-electron chi connectivity index (χ2n) is 7.64. The molecule has 1 unspecified atom stereocenters. The summed E-state index contributed by atoms with van der Waals surface area (Å²) in [6, 6.07) is 4.09. The average molecular weight is 436 g/mol. The fourth-order valence-corrected chi connectivity index (χ4v) is 3.62. The van der Waals surface area contributed by atoms with Crippen LogP contribution in [0.2, 0.25) is 0 Å². The summed E-state index contributed by atoms with van der Waals surface area (Å²) in [7, 11) is 0. The van der Waals surface area contributed by atoms with Gasteiger partial charge in [0.05, 0.1) is 0 Å². The Morgan fingerprint density at radius 1 is 1.00 bits per heavy atom. The summed E-state index contributed by atoms with van der Waals surface area (Å²) in [4.78, 5) is 1.60. The van der Waals surface area contributed by atoms with E-state index in [2.05, 4.69) is 0 Å². The molecule has 1 atom stereocenters. The van der Waals surface area contributed by atoms with Crippen LogP contribution in [-0.2, 0) is 5.41 Å². The van der Waals surface area contributed by atoms with Crippen molar-refractivity contribution < 1.29 is 39.5 Å². The minimum absolute atomic E-state index is 0.147. The van der Waals surface area contributed by atoms with Crippen LogP contribution in [0.15, 0.2) is 18.2 Å². The van der Waals surface area contributed by atoms with Gasteiger partial charge in [-0.25, -0.2) is 0 Å². The average Bonchev–Trinajstić information content (AvgIpc) is 2.82. The molecule has 1 aromatic carbocycles. The molecule has 0 amide bonds. The van der Waals surface area contributed by atoms with Crippen LogP contribution < -0.4 is 10.6 Å². The monoisotopic (exact) mass is 436 g/mol. The highest BCUT2D eigenvalue weighted by atomic mass is 19.4. The van der Waals surface area contributed by atoms with Crippen molar-refractivity contribution in [2.45, 2.75) is 62.5 Å². The number of halogens is 9. The Kier molecular flexibility index (Phi) is 5.79. The standard InChI is InChI=1S/C18H21F9N2/c1-3-4-7-29-10-14(2,12-6-5-11(28)8-13(12)29)9-15(19,20)16(21,22)17(23,24)18(25,26)27/h5-6,8H,3-4,7,9-10,28H2,1-2H3. The van der Waals surface area contributed by atoms with E-state index in [0.717, 1.165) is 13.3 Å². The van der Waals surface area contributed by atoms with Crippen molar-refractivity contribution in [3.05, 3.63) is 23.8 Å². The third kappa shape index (κ3) is 3.84. The van der Waals surface area contributed by atoms with Crippen molar-refractivity contribution in [1.29, 1.82) is 0 Å². The summed E-state index contributed by atoms with van der Waals surface area (Å²) in [5, 5.41) is 0.